The molecule has 6 atom stereocenters. The first kappa shape index (κ1) is 32.2. The maximum absolute atomic E-state index is 14.8. The number of amides is 1. The molecule has 4 aliphatic rings. The number of nitrogens with two attached hydrogens (primary N) is 1. The Balaban J connectivity index is 1.58. The van der Waals surface area contributed by atoms with Gasteiger partial charge in [0.05, 0.1) is 23.1 Å². The molecule has 4 N–H and O–H groups in total. The monoisotopic (exact) mass is 621 g/mol. The zero-order valence-electron chi connectivity index (χ0n) is 25.1. The topological polar surface area (TPSA) is 158 Å². The van der Waals surface area contributed by atoms with Crippen molar-refractivity contribution >= 4 is 29.0 Å². The van der Waals surface area contributed by atoms with Gasteiger partial charge in [0.25, 0.3) is 0 Å². The molecule has 0 spiro atoms. The molecule has 0 aromatic heterocycles. The summed E-state index contributed by atoms with van der Waals surface area (Å²) in [5.41, 5.74) is 0.0528. The van der Waals surface area contributed by atoms with Crippen LogP contribution in [0.5, 0.6) is 5.75 Å². The average Bonchev–Trinajstić information content (AvgIpc) is 2.89. The standard InChI is InChI=1S/C31H38F3N3O7/c1-13(2)14-5-7-37(8-6-14)12-16-11-19(38)21-17(23(16)31(32,33)34)9-15-10-18-24(36(3)4)26(40)22(29(35)43)28(42)30(18,44)27(41)20(15)25(21)39/h11,13-15,18,20,22,24,38,44H,5-10,12H2,1-4H3,(H2,35,43)/t15-,18-,20?,22?,24-,30-/m0/s1. The molecule has 1 aromatic carbocycles. The van der Waals surface area contributed by atoms with E-state index in [0.717, 1.165) is 18.9 Å². The van der Waals surface area contributed by atoms with Crippen molar-refractivity contribution in [3.8, 4) is 5.75 Å². The molecule has 2 unspecified atom stereocenters. The van der Waals surface area contributed by atoms with Gasteiger partial charge in [0.1, 0.15) is 5.75 Å². The second-order valence-corrected chi connectivity index (χ2v) is 13.4. The number of ketones is 4. The maximum atomic E-state index is 14.8. The van der Waals surface area contributed by atoms with Gasteiger partial charge >= 0.3 is 6.18 Å². The van der Waals surface area contributed by atoms with Crippen LogP contribution < -0.4 is 5.73 Å². The number of carbonyl (C=O) groups excluding carboxylic acids is 5. The lowest BCUT2D eigenvalue weighted by Gasteiger charge is -2.52. The third-order valence-corrected chi connectivity index (χ3v) is 10.4. The fraction of sp³-hybridized carbons (Fsp3) is 0.645. The SMILES string of the molecule is CC(C)C1CCN(Cc2cc(O)c3c(c2C(F)(F)F)C[C@H]2C[C@H]4[C@H](N(C)C)C(=O)C(C(N)=O)C(=O)[C@@]4(O)C(=O)C2C3=O)CC1. The van der Waals surface area contributed by atoms with Crippen LogP contribution in [0.4, 0.5) is 13.2 Å². The Labute approximate surface area is 252 Å². The molecule has 10 nitrogen and oxygen atoms in total. The first-order chi connectivity index (χ1) is 20.4. The highest BCUT2D eigenvalue weighted by Gasteiger charge is 2.69. The van der Waals surface area contributed by atoms with E-state index in [1.165, 1.54) is 19.0 Å². The quantitative estimate of drug-likeness (QED) is 0.417. The molecule has 1 amide bonds. The summed E-state index contributed by atoms with van der Waals surface area (Å²) in [6.07, 6.45) is -4.02. The Morgan fingerprint density at radius 1 is 1.14 bits per heavy atom. The van der Waals surface area contributed by atoms with Gasteiger partial charge < -0.3 is 15.9 Å². The predicted octanol–water partition coefficient (Wildman–Crippen LogP) is 1.75. The molecule has 2 saturated carbocycles. The third kappa shape index (κ3) is 4.87. The van der Waals surface area contributed by atoms with Gasteiger partial charge in [-0.3, -0.25) is 33.8 Å². The van der Waals surface area contributed by atoms with Gasteiger partial charge in [0.2, 0.25) is 5.91 Å². The number of nitrogens with zero attached hydrogens (tertiary/aromatic N) is 2. The summed E-state index contributed by atoms with van der Waals surface area (Å²) < 4.78 is 44.3. The van der Waals surface area contributed by atoms with Crippen LogP contribution in [0.1, 0.15) is 60.2 Å². The van der Waals surface area contributed by atoms with Crippen molar-refractivity contribution in [3.63, 3.8) is 0 Å². The summed E-state index contributed by atoms with van der Waals surface area (Å²) in [4.78, 5) is 69.6. The number of primary amides is 1. The van der Waals surface area contributed by atoms with Crippen LogP contribution in [0, 0.1) is 35.5 Å². The predicted molar refractivity (Wildman–Crippen MR) is 149 cm³/mol. The van der Waals surface area contributed by atoms with E-state index in [9.17, 15) is 47.4 Å². The molecule has 0 radical (unpaired) electrons. The molecular weight excluding hydrogens is 583 g/mol. The fourth-order valence-electron chi connectivity index (χ4n) is 8.24. The second-order valence-electron chi connectivity index (χ2n) is 13.4. The minimum Gasteiger partial charge on any atom is -0.507 e. The Morgan fingerprint density at radius 3 is 2.27 bits per heavy atom. The number of hydrogen-bond donors (Lipinski definition) is 3. The summed E-state index contributed by atoms with van der Waals surface area (Å²) in [7, 11) is 2.87. The second kappa shape index (κ2) is 11.0. The Morgan fingerprint density at radius 2 is 1.75 bits per heavy atom. The number of hydrogen-bond acceptors (Lipinski definition) is 9. The van der Waals surface area contributed by atoms with Crippen LogP contribution in [0.2, 0.25) is 0 Å². The number of piperidine rings is 1. The number of phenolic OH excluding ortho intramolecular Hbond substituents is 1. The molecule has 5 rings (SSSR count). The number of alkyl halides is 3. The van der Waals surface area contributed by atoms with Crippen molar-refractivity contribution in [1.82, 2.24) is 9.80 Å². The van der Waals surface area contributed by atoms with Crippen LogP contribution in [-0.2, 0) is 38.3 Å². The molecule has 13 heteroatoms. The van der Waals surface area contributed by atoms with Crippen molar-refractivity contribution in [2.75, 3.05) is 27.2 Å². The van der Waals surface area contributed by atoms with Crippen molar-refractivity contribution in [2.45, 2.75) is 63.9 Å². The van der Waals surface area contributed by atoms with E-state index in [-0.39, 0.29) is 18.5 Å². The van der Waals surface area contributed by atoms with E-state index in [1.807, 2.05) is 4.90 Å². The zero-order chi connectivity index (χ0) is 32.6. The van der Waals surface area contributed by atoms with Gasteiger partial charge in [-0.1, -0.05) is 13.8 Å². The molecular formula is C31H38F3N3O7. The van der Waals surface area contributed by atoms with Gasteiger partial charge in [-0.05, 0) is 87.8 Å². The molecule has 3 aliphatic carbocycles. The van der Waals surface area contributed by atoms with E-state index in [1.54, 1.807) is 0 Å². The molecule has 1 aromatic rings. The van der Waals surface area contributed by atoms with Crippen molar-refractivity contribution in [1.29, 1.82) is 0 Å². The van der Waals surface area contributed by atoms with E-state index in [4.69, 9.17) is 5.73 Å². The Kier molecular flexibility index (Phi) is 8.08. The summed E-state index contributed by atoms with van der Waals surface area (Å²) >= 11 is 0. The first-order valence-electron chi connectivity index (χ1n) is 14.9. The van der Waals surface area contributed by atoms with Crippen LogP contribution >= 0.6 is 0 Å². The molecule has 1 heterocycles. The number of likely N-dealkylation sites (tertiary alicyclic amines) is 1. The number of carbonyl (C=O) groups is 5. The van der Waals surface area contributed by atoms with Crippen LogP contribution in [0.15, 0.2) is 6.07 Å². The zero-order valence-corrected chi connectivity index (χ0v) is 25.1. The van der Waals surface area contributed by atoms with Crippen molar-refractivity contribution < 1.29 is 47.4 Å². The summed E-state index contributed by atoms with van der Waals surface area (Å²) in [5, 5.41) is 22.6. The van der Waals surface area contributed by atoms with E-state index in [2.05, 4.69) is 13.8 Å². The summed E-state index contributed by atoms with van der Waals surface area (Å²) in [6, 6.07) is -0.415. The van der Waals surface area contributed by atoms with Gasteiger partial charge in [-0.15, -0.1) is 0 Å². The smallest absolute Gasteiger partial charge is 0.417 e. The molecule has 1 saturated heterocycles. The fourth-order valence-corrected chi connectivity index (χ4v) is 8.24. The minimum absolute atomic E-state index is 0.0930. The van der Waals surface area contributed by atoms with Gasteiger partial charge in [0.15, 0.2) is 34.7 Å². The molecule has 0 bridgehead atoms. The highest BCUT2D eigenvalue weighted by atomic mass is 19.4. The number of Topliss-reactive ketones (excluding diaryl/α,β-unsaturated/α-hetero) is 4. The van der Waals surface area contributed by atoms with Gasteiger partial charge in [0, 0.05) is 12.5 Å². The van der Waals surface area contributed by atoms with E-state index in [0.29, 0.717) is 24.9 Å². The lowest BCUT2D eigenvalue weighted by atomic mass is 9.52. The normalized spacial score (nSPS) is 31.7. The van der Waals surface area contributed by atoms with Crippen LogP contribution in [0.3, 0.4) is 0 Å². The van der Waals surface area contributed by atoms with Crippen molar-refractivity contribution in [3.05, 3.63) is 28.3 Å². The number of likely N-dealkylation sites (N-methyl/N-ethyl adjacent to an activating group) is 1. The maximum Gasteiger partial charge on any atom is 0.417 e. The van der Waals surface area contributed by atoms with E-state index >= 15 is 0 Å². The number of phenols is 1. The van der Waals surface area contributed by atoms with Crippen molar-refractivity contribution in [2.24, 2.45) is 41.2 Å². The molecule has 44 heavy (non-hydrogen) atoms. The number of halogens is 3. The highest BCUT2D eigenvalue weighted by Crippen LogP contribution is 2.53. The van der Waals surface area contributed by atoms with Gasteiger partial charge in [-0.25, -0.2) is 0 Å². The molecule has 240 valence electrons. The highest BCUT2D eigenvalue weighted by molar-refractivity contribution is 6.32. The largest absolute Gasteiger partial charge is 0.507 e. The number of fused-ring (bicyclic) bond motifs is 3. The number of rotatable bonds is 5. The Hall–Kier alpha value is -3.16. The molecule has 1 aliphatic heterocycles. The van der Waals surface area contributed by atoms with E-state index < -0.39 is 99.4 Å². The number of benzene rings is 1. The van der Waals surface area contributed by atoms with Gasteiger partial charge in [-0.2, -0.15) is 13.2 Å². The average molecular weight is 622 g/mol. The summed E-state index contributed by atoms with van der Waals surface area (Å²) in [6.45, 7) is 5.29. The lowest BCUT2D eigenvalue weighted by Crippen LogP contribution is -2.74. The molecule has 3 fully saturated rings. The lowest BCUT2D eigenvalue weighted by molar-refractivity contribution is -0.181. The van der Waals surface area contributed by atoms with Crippen LogP contribution in [-0.4, -0.2) is 87.9 Å². The summed E-state index contributed by atoms with van der Waals surface area (Å²) in [5.74, 6) is -12.4. The van der Waals surface area contributed by atoms with Crippen LogP contribution in [0.25, 0.3) is 0 Å². The third-order valence-electron chi connectivity index (χ3n) is 10.4. The Bertz CT molecular complexity index is 1430. The number of aliphatic hydroxyl groups is 1. The first-order valence-corrected chi connectivity index (χ1v) is 14.9. The number of aromatic hydroxyl groups is 1. The minimum atomic E-state index is -4.90.